The third-order valence-corrected chi connectivity index (χ3v) is 13.5. The molecule has 4 saturated carbocycles. The molecule has 250 valence electrons. The molecule has 43 heavy (non-hydrogen) atoms. The van der Waals surface area contributed by atoms with Crippen LogP contribution in [0, 0.1) is 46.3 Å². The molecule has 4 aliphatic carbocycles. The van der Waals surface area contributed by atoms with Crippen molar-refractivity contribution in [2.24, 2.45) is 46.3 Å². The maximum absolute atomic E-state index is 12.7. The topological polar surface area (TPSA) is 164 Å². The molecule has 12 atom stereocenters. The van der Waals surface area contributed by atoms with Crippen LogP contribution in [0.1, 0.15) is 85.0 Å². The van der Waals surface area contributed by atoms with Gasteiger partial charge in [-0.05, 0) is 97.7 Å². The Kier molecular flexibility index (Phi) is 10.7. The summed E-state index contributed by atoms with van der Waals surface area (Å²) in [7, 11) is -0.484. The maximum atomic E-state index is 12.7. The molecule has 11 heteroatoms. The van der Waals surface area contributed by atoms with Crippen LogP contribution in [0.5, 0.6) is 0 Å². The van der Waals surface area contributed by atoms with Crippen molar-refractivity contribution in [3.8, 4) is 0 Å². The van der Waals surface area contributed by atoms with Crippen LogP contribution in [0.25, 0.3) is 0 Å². The Hall–Kier alpha value is -0.820. The number of nitrogens with one attached hydrogen (secondary N) is 1. The molecular formula is C32H59N2O8S+. The lowest BCUT2D eigenvalue weighted by atomic mass is 9.43. The zero-order valence-electron chi connectivity index (χ0n) is 27.0. The highest BCUT2D eigenvalue weighted by Gasteiger charge is 2.65. The van der Waals surface area contributed by atoms with Crippen LogP contribution in [0.2, 0.25) is 0 Å². The van der Waals surface area contributed by atoms with E-state index in [0.717, 1.165) is 44.9 Å². The van der Waals surface area contributed by atoms with Crippen molar-refractivity contribution < 1.29 is 42.7 Å². The van der Waals surface area contributed by atoms with Crippen LogP contribution >= 0.6 is 0 Å². The lowest BCUT2D eigenvalue weighted by molar-refractivity contribution is -0.893. The molecule has 0 spiro atoms. The molecule has 0 saturated heterocycles. The molecule has 6 N–H and O–H groups in total. The van der Waals surface area contributed by atoms with E-state index < -0.39 is 28.1 Å². The monoisotopic (exact) mass is 631 g/mol. The highest BCUT2D eigenvalue weighted by atomic mass is 32.2. The predicted octanol–water partition coefficient (Wildman–Crippen LogP) is 2.20. The van der Waals surface area contributed by atoms with Gasteiger partial charge in [0.05, 0.1) is 39.0 Å². The van der Waals surface area contributed by atoms with Crippen molar-refractivity contribution in [3.05, 3.63) is 0 Å². The highest BCUT2D eigenvalue weighted by molar-refractivity contribution is 7.85. The summed E-state index contributed by atoms with van der Waals surface area (Å²) in [5, 5.41) is 46.5. The number of hydrogen-bond donors (Lipinski definition) is 6. The average Bonchev–Trinajstić information content (AvgIpc) is 3.24. The highest BCUT2D eigenvalue weighted by Crippen LogP contribution is 2.68. The number of quaternary nitrogens is 1. The Morgan fingerprint density at radius 1 is 1.05 bits per heavy atom. The van der Waals surface area contributed by atoms with Gasteiger partial charge < -0.3 is 30.2 Å². The fraction of sp³-hybridized carbons (Fsp3) is 0.969. The Labute approximate surface area is 259 Å². The minimum atomic E-state index is -4.23. The number of aliphatic hydroxyl groups is 4. The van der Waals surface area contributed by atoms with E-state index in [1.165, 1.54) is 0 Å². The second kappa shape index (κ2) is 13.1. The van der Waals surface area contributed by atoms with Crippen LogP contribution in [0.15, 0.2) is 0 Å². The molecular weight excluding hydrogens is 572 g/mol. The smallest absolute Gasteiger partial charge is 0.267 e. The number of hydrogen-bond acceptors (Lipinski definition) is 7. The molecule has 0 aromatic rings. The molecule has 10 nitrogen and oxygen atoms in total. The number of fused-ring (bicyclic) bond motifs is 5. The van der Waals surface area contributed by atoms with Gasteiger partial charge in [0.15, 0.2) is 0 Å². The molecule has 0 aliphatic heterocycles. The van der Waals surface area contributed by atoms with Gasteiger partial charge in [-0.15, -0.1) is 0 Å². The molecule has 0 aromatic heterocycles. The van der Waals surface area contributed by atoms with Gasteiger partial charge in [-0.2, -0.15) is 8.42 Å². The van der Waals surface area contributed by atoms with Crippen molar-refractivity contribution in [2.45, 2.75) is 109 Å². The van der Waals surface area contributed by atoms with Crippen molar-refractivity contribution in [1.82, 2.24) is 5.32 Å². The van der Waals surface area contributed by atoms with Gasteiger partial charge in [0.2, 0.25) is 5.91 Å². The number of carbonyl (C=O) groups is 1. The lowest BCUT2D eigenvalue weighted by Crippen LogP contribution is -2.62. The first-order valence-corrected chi connectivity index (χ1v) is 18.2. The molecule has 0 radical (unpaired) electrons. The van der Waals surface area contributed by atoms with E-state index in [1.54, 1.807) is 0 Å². The molecule has 4 fully saturated rings. The van der Waals surface area contributed by atoms with Crippen LogP contribution < -0.4 is 5.32 Å². The second-order valence-electron chi connectivity index (χ2n) is 16.0. The number of nitrogens with zero attached hydrogens (tertiary/aromatic N) is 1. The van der Waals surface area contributed by atoms with Crippen molar-refractivity contribution >= 4 is 16.0 Å². The SMILES string of the molecule is C[C@H](CCC(=O)NCCC[N+](C)(C)C[C@H](O)CS(=O)(=O)O)[C@H]1CC[C@@H]2[C@H]3[C@H](O)C[C@@H]4C[C@H](O)CC[C@@]4(C)[C@H]3C[C@H](O)[C@@]21C. The first kappa shape index (κ1) is 35.0. The first-order chi connectivity index (χ1) is 19.9. The van der Waals surface area contributed by atoms with Gasteiger partial charge in [-0.25, -0.2) is 0 Å². The fourth-order valence-electron chi connectivity index (χ4n) is 10.5. The van der Waals surface area contributed by atoms with E-state index in [2.05, 4.69) is 26.1 Å². The summed E-state index contributed by atoms with van der Waals surface area (Å²) < 4.78 is 31.3. The molecule has 0 unspecified atom stereocenters. The standard InChI is InChI=1S/C32H58N2O8S/c1-20(7-10-29(39)33-13-6-14-34(4,5)18-23(36)19-43(40,41)42)24-8-9-25-30-26(17-28(38)32(24,25)3)31(2)12-11-22(35)15-21(31)16-27(30)37/h20-28,30,35-38H,6-19H2,1-5H3,(H-,33,39,40,41,42)/p+1/t20-,21+,22-,23+,24-,25-,26+,27-,28+,30-,31-,32-/m1/s1. The Morgan fingerprint density at radius 3 is 2.42 bits per heavy atom. The van der Waals surface area contributed by atoms with E-state index >= 15 is 0 Å². The second-order valence-corrected chi connectivity index (χ2v) is 17.5. The van der Waals surface area contributed by atoms with Gasteiger partial charge in [-0.1, -0.05) is 20.8 Å². The van der Waals surface area contributed by atoms with Crippen LogP contribution in [-0.2, 0) is 14.9 Å². The van der Waals surface area contributed by atoms with Crippen LogP contribution in [0.3, 0.4) is 0 Å². The quantitative estimate of drug-likeness (QED) is 0.108. The lowest BCUT2D eigenvalue weighted by Gasteiger charge is -2.63. The average molecular weight is 632 g/mol. The zero-order chi connectivity index (χ0) is 32.0. The number of rotatable bonds is 12. The first-order valence-electron chi connectivity index (χ1n) is 16.6. The van der Waals surface area contributed by atoms with Gasteiger partial charge >= 0.3 is 0 Å². The Bertz CT molecular complexity index is 1090. The molecule has 4 rings (SSSR count). The molecule has 0 bridgehead atoms. The van der Waals surface area contributed by atoms with E-state index in [9.17, 15) is 33.6 Å². The maximum Gasteiger partial charge on any atom is 0.267 e. The number of aliphatic hydroxyl groups excluding tert-OH is 4. The predicted molar refractivity (Wildman–Crippen MR) is 164 cm³/mol. The summed E-state index contributed by atoms with van der Waals surface area (Å²) >= 11 is 0. The van der Waals surface area contributed by atoms with Gasteiger partial charge in [-0.3, -0.25) is 9.35 Å². The summed E-state index contributed by atoms with van der Waals surface area (Å²) in [4.78, 5) is 12.7. The van der Waals surface area contributed by atoms with Crippen molar-refractivity contribution in [1.29, 1.82) is 0 Å². The number of likely N-dealkylation sites (N-methyl/N-ethyl adjacent to an activating group) is 1. The summed E-state index contributed by atoms with van der Waals surface area (Å²) in [6.45, 7) is 8.10. The van der Waals surface area contributed by atoms with Gasteiger partial charge in [0.25, 0.3) is 10.1 Å². The summed E-state index contributed by atoms with van der Waals surface area (Å²) in [5.41, 5.74) is -0.222. The van der Waals surface area contributed by atoms with E-state index in [-0.39, 0.29) is 59.2 Å². The summed E-state index contributed by atoms with van der Waals surface area (Å²) in [6.07, 6.45) is 5.56. The molecule has 0 heterocycles. The third-order valence-electron chi connectivity index (χ3n) is 12.7. The van der Waals surface area contributed by atoms with Crippen LogP contribution in [0.4, 0.5) is 0 Å². The van der Waals surface area contributed by atoms with Crippen molar-refractivity contribution in [3.63, 3.8) is 0 Å². The Morgan fingerprint density at radius 2 is 1.74 bits per heavy atom. The van der Waals surface area contributed by atoms with Crippen molar-refractivity contribution in [2.75, 3.05) is 39.5 Å². The Balaban J connectivity index is 1.27. The summed E-state index contributed by atoms with van der Waals surface area (Å²) in [5.74, 6) is 0.890. The van der Waals surface area contributed by atoms with E-state index in [1.807, 2.05) is 14.1 Å². The van der Waals surface area contributed by atoms with Gasteiger partial charge in [0, 0.05) is 19.4 Å². The summed E-state index contributed by atoms with van der Waals surface area (Å²) in [6, 6.07) is 0. The fourth-order valence-corrected chi connectivity index (χ4v) is 11.1. The molecule has 0 aromatic carbocycles. The third kappa shape index (κ3) is 7.60. The van der Waals surface area contributed by atoms with E-state index in [0.29, 0.717) is 48.7 Å². The van der Waals surface area contributed by atoms with Gasteiger partial charge in [0.1, 0.15) is 18.4 Å². The minimum absolute atomic E-state index is 0.00585. The number of amides is 1. The van der Waals surface area contributed by atoms with E-state index in [4.69, 9.17) is 4.55 Å². The zero-order valence-corrected chi connectivity index (χ0v) is 27.8. The molecule has 4 aliphatic rings. The normalized spacial score (nSPS) is 41.1. The number of carbonyl (C=O) groups excluding carboxylic acids is 1. The minimum Gasteiger partial charge on any atom is -0.393 e. The molecule has 1 amide bonds. The largest absolute Gasteiger partial charge is 0.393 e. The van der Waals surface area contributed by atoms with Crippen LogP contribution in [-0.4, -0.2) is 108 Å².